The molecule has 2 aliphatic heterocycles. The largest absolute Gasteiger partial charge is 0.459 e. The Morgan fingerprint density at radius 3 is 2.50 bits per heavy atom. The van der Waals surface area contributed by atoms with E-state index in [-0.39, 0.29) is 25.4 Å². The average Bonchev–Trinajstić information content (AvgIpc) is 2.84. The van der Waals surface area contributed by atoms with Crippen molar-refractivity contribution in [3.05, 3.63) is 12.7 Å². The lowest BCUT2D eigenvalue weighted by atomic mass is 10.1. The van der Waals surface area contributed by atoms with Gasteiger partial charge in [0.25, 0.3) is 6.47 Å². The molecular formula is C10H12O6. The van der Waals surface area contributed by atoms with Gasteiger partial charge in [-0.25, -0.2) is 4.79 Å². The Bertz CT molecular complexity index is 302. The first-order valence-corrected chi connectivity index (χ1v) is 4.91. The normalized spacial score (nSPS) is 36.5. The zero-order valence-corrected chi connectivity index (χ0v) is 8.53. The topological polar surface area (TPSA) is 71.1 Å². The van der Waals surface area contributed by atoms with Gasteiger partial charge in [0.1, 0.15) is 12.2 Å². The van der Waals surface area contributed by atoms with E-state index in [0.717, 1.165) is 6.08 Å². The van der Waals surface area contributed by atoms with Gasteiger partial charge in [0.15, 0.2) is 12.2 Å². The van der Waals surface area contributed by atoms with Gasteiger partial charge in [-0.15, -0.1) is 0 Å². The van der Waals surface area contributed by atoms with E-state index in [1.807, 2.05) is 0 Å². The van der Waals surface area contributed by atoms with Crippen LogP contribution >= 0.6 is 0 Å². The van der Waals surface area contributed by atoms with Crippen LogP contribution < -0.4 is 0 Å². The minimum absolute atomic E-state index is 0.244. The van der Waals surface area contributed by atoms with Crippen LogP contribution in [-0.4, -0.2) is 50.1 Å². The highest BCUT2D eigenvalue weighted by molar-refractivity contribution is 5.81. The van der Waals surface area contributed by atoms with E-state index >= 15 is 0 Å². The van der Waals surface area contributed by atoms with Crippen LogP contribution in [0.4, 0.5) is 0 Å². The second-order valence-corrected chi connectivity index (χ2v) is 3.55. The molecular weight excluding hydrogens is 216 g/mol. The highest BCUT2D eigenvalue weighted by Crippen LogP contribution is 2.30. The van der Waals surface area contributed by atoms with E-state index in [1.54, 1.807) is 0 Å². The number of ether oxygens (including phenoxy) is 4. The molecule has 2 heterocycles. The lowest BCUT2D eigenvalue weighted by molar-refractivity contribution is -0.147. The molecule has 0 N–H and O–H groups in total. The summed E-state index contributed by atoms with van der Waals surface area (Å²) in [6, 6.07) is 0. The van der Waals surface area contributed by atoms with Gasteiger partial charge in [-0.2, -0.15) is 0 Å². The van der Waals surface area contributed by atoms with Gasteiger partial charge in [-0.05, 0) is 0 Å². The number of fused-ring (bicyclic) bond motifs is 1. The van der Waals surface area contributed by atoms with Crippen molar-refractivity contribution >= 4 is 12.4 Å². The molecule has 6 nitrogen and oxygen atoms in total. The maximum atomic E-state index is 11.0. The van der Waals surface area contributed by atoms with E-state index in [1.165, 1.54) is 0 Å². The van der Waals surface area contributed by atoms with Gasteiger partial charge in [0, 0.05) is 6.08 Å². The zero-order valence-electron chi connectivity index (χ0n) is 8.53. The molecule has 0 aliphatic carbocycles. The van der Waals surface area contributed by atoms with Crippen LogP contribution in [0.2, 0.25) is 0 Å². The van der Waals surface area contributed by atoms with E-state index in [9.17, 15) is 9.59 Å². The lowest BCUT2D eigenvalue weighted by Gasteiger charge is -2.15. The van der Waals surface area contributed by atoms with Crippen LogP contribution in [0.25, 0.3) is 0 Å². The predicted molar refractivity (Wildman–Crippen MR) is 50.5 cm³/mol. The molecule has 0 saturated carbocycles. The molecule has 4 unspecified atom stereocenters. The Morgan fingerprint density at radius 2 is 1.88 bits per heavy atom. The first-order chi connectivity index (χ1) is 7.76. The van der Waals surface area contributed by atoms with Crippen LogP contribution in [-0.2, 0) is 28.5 Å². The second-order valence-electron chi connectivity index (χ2n) is 3.55. The average molecular weight is 228 g/mol. The summed E-state index contributed by atoms with van der Waals surface area (Å²) in [4.78, 5) is 21.2. The zero-order chi connectivity index (χ0) is 11.5. The number of hydrogen-bond acceptors (Lipinski definition) is 6. The molecule has 0 aromatic rings. The van der Waals surface area contributed by atoms with Crippen molar-refractivity contribution < 1.29 is 28.5 Å². The molecule has 0 amide bonds. The molecule has 6 heteroatoms. The standard InChI is InChI=1S/C10H12O6/c1-2-8(12)16-7-4-14-9-6(15-5-11)3-13-10(7)9/h2,5-7,9-10H,1,3-4H2. The van der Waals surface area contributed by atoms with Crippen molar-refractivity contribution in [3.63, 3.8) is 0 Å². The quantitative estimate of drug-likeness (QED) is 0.364. The number of carbonyl (C=O) groups is 2. The fourth-order valence-electron chi connectivity index (χ4n) is 1.92. The minimum atomic E-state index is -0.516. The van der Waals surface area contributed by atoms with Gasteiger partial charge < -0.3 is 18.9 Å². The van der Waals surface area contributed by atoms with E-state index in [2.05, 4.69) is 6.58 Å². The third kappa shape index (κ3) is 1.94. The Balaban J connectivity index is 1.94. The molecule has 0 aromatic heterocycles. The Kier molecular flexibility index (Phi) is 3.21. The fourth-order valence-corrected chi connectivity index (χ4v) is 1.92. The molecule has 4 atom stereocenters. The predicted octanol–water partition coefficient (Wildman–Crippen LogP) is -0.577. The number of esters is 1. The maximum absolute atomic E-state index is 11.0. The summed E-state index contributed by atoms with van der Waals surface area (Å²) in [7, 11) is 0. The van der Waals surface area contributed by atoms with Crippen molar-refractivity contribution in [2.75, 3.05) is 13.2 Å². The van der Waals surface area contributed by atoms with Gasteiger partial charge in [-0.3, -0.25) is 4.79 Å². The van der Waals surface area contributed by atoms with Gasteiger partial charge >= 0.3 is 5.97 Å². The smallest absolute Gasteiger partial charge is 0.330 e. The summed E-state index contributed by atoms with van der Waals surface area (Å²) < 4.78 is 20.6. The fraction of sp³-hybridized carbons (Fsp3) is 0.600. The summed E-state index contributed by atoms with van der Waals surface area (Å²) in [6.45, 7) is 4.17. The van der Waals surface area contributed by atoms with Gasteiger partial charge in [0.2, 0.25) is 0 Å². The SMILES string of the molecule is C=CC(=O)OC1COC2C(OC=O)COC12. The van der Waals surface area contributed by atoms with Crippen LogP contribution in [0, 0.1) is 0 Å². The summed E-state index contributed by atoms with van der Waals surface area (Å²) in [6.07, 6.45) is -0.519. The Morgan fingerprint density at radius 1 is 1.25 bits per heavy atom. The van der Waals surface area contributed by atoms with Gasteiger partial charge in [0.05, 0.1) is 13.2 Å². The van der Waals surface area contributed by atoms with Crippen molar-refractivity contribution in [1.29, 1.82) is 0 Å². The third-order valence-corrected chi connectivity index (χ3v) is 2.63. The van der Waals surface area contributed by atoms with E-state index in [4.69, 9.17) is 18.9 Å². The second kappa shape index (κ2) is 4.63. The molecule has 0 spiro atoms. The van der Waals surface area contributed by atoms with Crippen molar-refractivity contribution in [3.8, 4) is 0 Å². The highest BCUT2D eigenvalue weighted by Gasteiger charge is 2.50. The van der Waals surface area contributed by atoms with Crippen molar-refractivity contribution in [2.45, 2.75) is 24.4 Å². The Hall–Kier alpha value is -1.40. The maximum Gasteiger partial charge on any atom is 0.330 e. The van der Waals surface area contributed by atoms with Crippen molar-refractivity contribution in [1.82, 2.24) is 0 Å². The summed E-state index contributed by atoms with van der Waals surface area (Å²) in [5.41, 5.74) is 0. The molecule has 16 heavy (non-hydrogen) atoms. The van der Waals surface area contributed by atoms with Crippen molar-refractivity contribution in [2.24, 2.45) is 0 Å². The van der Waals surface area contributed by atoms with Crippen LogP contribution in [0.1, 0.15) is 0 Å². The number of carbonyl (C=O) groups excluding carboxylic acids is 2. The highest BCUT2D eigenvalue weighted by atomic mass is 16.7. The van der Waals surface area contributed by atoms with Crippen LogP contribution in [0.15, 0.2) is 12.7 Å². The monoisotopic (exact) mass is 228 g/mol. The summed E-state index contributed by atoms with van der Waals surface area (Å²) in [5.74, 6) is -0.516. The summed E-state index contributed by atoms with van der Waals surface area (Å²) >= 11 is 0. The van der Waals surface area contributed by atoms with E-state index < -0.39 is 18.2 Å². The summed E-state index contributed by atoms with van der Waals surface area (Å²) in [5, 5.41) is 0. The molecule has 2 fully saturated rings. The molecule has 0 bridgehead atoms. The number of rotatable bonds is 4. The molecule has 0 aromatic carbocycles. The minimum Gasteiger partial charge on any atom is -0.459 e. The first-order valence-electron chi connectivity index (χ1n) is 4.91. The third-order valence-electron chi connectivity index (χ3n) is 2.63. The lowest BCUT2D eigenvalue weighted by Crippen LogP contribution is -2.34. The first kappa shape index (κ1) is 11.1. The van der Waals surface area contributed by atoms with E-state index in [0.29, 0.717) is 6.47 Å². The van der Waals surface area contributed by atoms with Crippen LogP contribution in [0.3, 0.4) is 0 Å². The molecule has 2 aliphatic rings. The Labute approximate surface area is 92.1 Å². The number of hydrogen-bond donors (Lipinski definition) is 0. The molecule has 2 saturated heterocycles. The van der Waals surface area contributed by atoms with Gasteiger partial charge in [-0.1, -0.05) is 6.58 Å². The van der Waals surface area contributed by atoms with Crippen LogP contribution in [0.5, 0.6) is 0 Å². The molecule has 88 valence electrons. The molecule has 0 radical (unpaired) electrons. The molecule has 2 rings (SSSR count).